The molecule has 0 saturated heterocycles. The van der Waals surface area contributed by atoms with Crippen LogP contribution in [0.1, 0.15) is 143 Å². The van der Waals surface area contributed by atoms with Crippen LogP contribution in [0, 0.1) is 11.8 Å². The molecule has 0 heteroatoms. The van der Waals surface area contributed by atoms with E-state index in [0.717, 1.165) is 11.8 Å². The molecule has 28 heavy (non-hydrogen) atoms. The first kappa shape index (κ1) is 27.5. The maximum Gasteiger partial charge on any atom is -0.0295 e. The standard InChI is InChI=1S/C14H26.C14H28/c1-4-5-8-13-9-6-7-10-14(13)11-12(2)3;1-4-6-8-9-10-11-13-14(3)12-7-5-2/h13-14H,2,4-11H2,1,3H3;3-13H2,1-2H3. The fourth-order valence-electron chi connectivity index (χ4n) is 4.55. The molecule has 0 N–H and O–H groups in total. The summed E-state index contributed by atoms with van der Waals surface area (Å²) in [6, 6.07) is 0. The van der Waals surface area contributed by atoms with Crippen LogP contribution in [0.2, 0.25) is 0 Å². The van der Waals surface area contributed by atoms with E-state index in [1.807, 2.05) is 0 Å². The highest BCUT2D eigenvalue weighted by Gasteiger charge is 2.24. The Kier molecular flexibility index (Phi) is 19.4. The molecule has 0 aromatic rings. The van der Waals surface area contributed by atoms with Crippen LogP contribution in [0.3, 0.4) is 0 Å². The summed E-state index contributed by atoms with van der Waals surface area (Å²) < 4.78 is 0. The summed E-state index contributed by atoms with van der Waals surface area (Å²) in [5.74, 6) is 1.98. The van der Waals surface area contributed by atoms with Gasteiger partial charge in [0.25, 0.3) is 0 Å². The van der Waals surface area contributed by atoms with Crippen LogP contribution in [-0.4, -0.2) is 0 Å². The number of hydrogen-bond donors (Lipinski definition) is 0. The molecule has 166 valence electrons. The molecule has 1 saturated carbocycles. The lowest BCUT2D eigenvalue weighted by Crippen LogP contribution is -2.19. The minimum Gasteiger partial charge on any atom is -0.100 e. The quantitative estimate of drug-likeness (QED) is 0.193. The zero-order chi connectivity index (χ0) is 21.0. The molecule has 0 bridgehead atoms. The fraction of sp³-hybridized carbons (Fsp3) is 0.857. The van der Waals surface area contributed by atoms with E-state index in [0.29, 0.717) is 0 Å². The second-order valence-corrected chi connectivity index (χ2v) is 9.48. The lowest BCUT2D eigenvalue weighted by molar-refractivity contribution is 0.218. The van der Waals surface area contributed by atoms with E-state index in [9.17, 15) is 0 Å². The molecule has 1 fully saturated rings. The van der Waals surface area contributed by atoms with Crippen LogP contribution in [0.25, 0.3) is 0 Å². The van der Waals surface area contributed by atoms with E-state index < -0.39 is 0 Å². The van der Waals surface area contributed by atoms with Gasteiger partial charge in [0.05, 0.1) is 0 Å². The van der Waals surface area contributed by atoms with Crippen LogP contribution in [0.15, 0.2) is 24.3 Å². The van der Waals surface area contributed by atoms with Gasteiger partial charge in [-0.1, -0.05) is 116 Å². The third-order valence-electron chi connectivity index (χ3n) is 6.37. The number of allylic oxidation sites excluding steroid dienone is 2. The van der Waals surface area contributed by atoms with Gasteiger partial charge in [0.15, 0.2) is 0 Å². The van der Waals surface area contributed by atoms with Gasteiger partial charge in [0, 0.05) is 0 Å². The van der Waals surface area contributed by atoms with Crippen molar-refractivity contribution in [3.05, 3.63) is 24.3 Å². The first-order valence-corrected chi connectivity index (χ1v) is 12.9. The third-order valence-corrected chi connectivity index (χ3v) is 6.37. The maximum atomic E-state index is 4.13. The molecule has 0 aliphatic heterocycles. The number of rotatable bonds is 15. The molecular formula is C28H54. The van der Waals surface area contributed by atoms with Crippen molar-refractivity contribution in [2.45, 2.75) is 143 Å². The highest BCUT2D eigenvalue weighted by molar-refractivity contribution is 4.93. The summed E-state index contributed by atoms with van der Waals surface area (Å²) in [6.07, 6.45) is 25.0. The first-order chi connectivity index (χ1) is 13.5. The number of unbranched alkanes of at least 4 members (excludes halogenated alkanes) is 7. The zero-order valence-corrected chi connectivity index (χ0v) is 20.3. The van der Waals surface area contributed by atoms with E-state index in [2.05, 4.69) is 40.9 Å². The molecule has 0 radical (unpaired) electrons. The van der Waals surface area contributed by atoms with Crippen molar-refractivity contribution in [1.29, 1.82) is 0 Å². The SMILES string of the molecule is C=C(C)CC1CCCCC1CCCC.C=C(CCCC)CCCCCCCC. The van der Waals surface area contributed by atoms with E-state index in [-0.39, 0.29) is 0 Å². The van der Waals surface area contributed by atoms with Crippen molar-refractivity contribution >= 4 is 0 Å². The largest absolute Gasteiger partial charge is 0.100 e. The second-order valence-electron chi connectivity index (χ2n) is 9.48. The topological polar surface area (TPSA) is 0 Å². The average molecular weight is 391 g/mol. The molecule has 0 amide bonds. The maximum absolute atomic E-state index is 4.13. The molecule has 0 aromatic carbocycles. The summed E-state index contributed by atoms with van der Waals surface area (Å²) >= 11 is 0. The van der Waals surface area contributed by atoms with Gasteiger partial charge in [-0.15, -0.1) is 6.58 Å². The monoisotopic (exact) mass is 390 g/mol. The zero-order valence-electron chi connectivity index (χ0n) is 20.3. The Labute approximate surface area is 179 Å². The Balaban J connectivity index is 0.000000521. The van der Waals surface area contributed by atoms with Gasteiger partial charge < -0.3 is 0 Å². The summed E-state index contributed by atoms with van der Waals surface area (Å²) in [6.45, 7) is 17.2. The first-order valence-electron chi connectivity index (χ1n) is 12.9. The molecule has 1 aliphatic carbocycles. The minimum absolute atomic E-state index is 0.966. The summed E-state index contributed by atoms with van der Waals surface area (Å²) in [4.78, 5) is 0. The second kappa shape index (κ2) is 19.8. The lowest BCUT2D eigenvalue weighted by Gasteiger charge is -2.31. The van der Waals surface area contributed by atoms with Gasteiger partial charge in [-0.25, -0.2) is 0 Å². The summed E-state index contributed by atoms with van der Waals surface area (Å²) in [5.41, 5.74) is 2.86. The molecule has 0 aromatic heterocycles. The van der Waals surface area contributed by atoms with Gasteiger partial charge in [0.2, 0.25) is 0 Å². The van der Waals surface area contributed by atoms with E-state index >= 15 is 0 Å². The molecule has 0 nitrogen and oxygen atoms in total. The lowest BCUT2D eigenvalue weighted by atomic mass is 9.74. The van der Waals surface area contributed by atoms with Crippen LogP contribution >= 0.6 is 0 Å². The molecule has 1 aliphatic rings. The van der Waals surface area contributed by atoms with Crippen molar-refractivity contribution < 1.29 is 0 Å². The summed E-state index contributed by atoms with van der Waals surface area (Å²) in [7, 11) is 0. The highest BCUT2D eigenvalue weighted by atomic mass is 14.3. The van der Waals surface area contributed by atoms with Gasteiger partial charge in [0.1, 0.15) is 0 Å². The number of hydrogen-bond acceptors (Lipinski definition) is 0. The van der Waals surface area contributed by atoms with E-state index in [4.69, 9.17) is 0 Å². The minimum atomic E-state index is 0.966. The van der Waals surface area contributed by atoms with Crippen molar-refractivity contribution in [3.8, 4) is 0 Å². The van der Waals surface area contributed by atoms with Crippen LogP contribution < -0.4 is 0 Å². The highest BCUT2D eigenvalue weighted by Crippen LogP contribution is 2.36. The Morgan fingerprint density at radius 1 is 0.679 bits per heavy atom. The Bertz CT molecular complexity index is 364. The Morgan fingerprint density at radius 2 is 1.21 bits per heavy atom. The normalized spacial score (nSPS) is 19.0. The molecule has 2 unspecified atom stereocenters. The smallest absolute Gasteiger partial charge is 0.0295 e. The average Bonchev–Trinajstić information content (AvgIpc) is 2.68. The summed E-state index contributed by atoms with van der Waals surface area (Å²) in [5, 5.41) is 0. The van der Waals surface area contributed by atoms with Crippen LogP contribution in [0.5, 0.6) is 0 Å². The Morgan fingerprint density at radius 3 is 1.82 bits per heavy atom. The van der Waals surface area contributed by atoms with Gasteiger partial charge in [-0.05, 0) is 57.3 Å². The predicted octanol–water partition coefficient (Wildman–Crippen LogP) is 10.4. The van der Waals surface area contributed by atoms with Gasteiger partial charge in [-0.2, -0.15) is 0 Å². The van der Waals surface area contributed by atoms with Crippen molar-refractivity contribution in [2.24, 2.45) is 11.8 Å². The predicted molar refractivity (Wildman–Crippen MR) is 131 cm³/mol. The van der Waals surface area contributed by atoms with E-state index in [1.54, 1.807) is 0 Å². The molecule has 0 heterocycles. The molecule has 2 atom stereocenters. The fourth-order valence-corrected chi connectivity index (χ4v) is 4.55. The van der Waals surface area contributed by atoms with Crippen LogP contribution in [0.4, 0.5) is 0 Å². The molecule has 0 spiro atoms. The van der Waals surface area contributed by atoms with E-state index in [1.165, 1.54) is 127 Å². The van der Waals surface area contributed by atoms with Crippen LogP contribution in [-0.2, 0) is 0 Å². The Hall–Kier alpha value is -0.520. The van der Waals surface area contributed by atoms with Crippen molar-refractivity contribution in [2.75, 3.05) is 0 Å². The van der Waals surface area contributed by atoms with Crippen molar-refractivity contribution in [1.82, 2.24) is 0 Å². The van der Waals surface area contributed by atoms with Crippen molar-refractivity contribution in [3.63, 3.8) is 0 Å². The van der Waals surface area contributed by atoms with Gasteiger partial charge in [-0.3, -0.25) is 0 Å². The molecular weight excluding hydrogens is 336 g/mol. The van der Waals surface area contributed by atoms with Gasteiger partial charge >= 0.3 is 0 Å². The third kappa shape index (κ3) is 16.4. The molecule has 1 rings (SSSR count).